The van der Waals surface area contributed by atoms with E-state index in [4.69, 9.17) is 10.8 Å². The fraction of sp³-hybridized carbons (Fsp3) is 0.875. The first-order valence-electron chi connectivity index (χ1n) is 4.15. The zero-order valence-electron chi connectivity index (χ0n) is 7.87. The van der Waals surface area contributed by atoms with Gasteiger partial charge in [-0.2, -0.15) is 0 Å². The van der Waals surface area contributed by atoms with Gasteiger partial charge in [-0.3, -0.25) is 4.79 Å². The van der Waals surface area contributed by atoms with E-state index in [9.17, 15) is 4.79 Å². The number of aliphatic hydroxyl groups is 1. The largest absolute Gasteiger partial charge is 0.394 e. The van der Waals surface area contributed by atoms with Crippen molar-refractivity contribution in [2.75, 3.05) is 6.61 Å². The third-order valence-corrected chi connectivity index (χ3v) is 1.74. The van der Waals surface area contributed by atoms with Crippen molar-refractivity contribution in [1.82, 2.24) is 5.32 Å². The zero-order chi connectivity index (χ0) is 9.72. The minimum absolute atomic E-state index is 0.0455. The molecule has 0 bridgehead atoms. The van der Waals surface area contributed by atoms with Gasteiger partial charge in [0, 0.05) is 0 Å². The second kappa shape index (κ2) is 5.11. The van der Waals surface area contributed by atoms with Crippen molar-refractivity contribution >= 4 is 5.91 Å². The number of nitrogens with one attached hydrogen (secondary N) is 1. The Morgan fingerprint density at radius 2 is 2.00 bits per heavy atom. The fourth-order valence-electron chi connectivity index (χ4n) is 0.737. The average molecular weight is 174 g/mol. The second-order valence-corrected chi connectivity index (χ2v) is 3.33. The molecule has 0 aromatic rings. The van der Waals surface area contributed by atoms with Gasteiger partial charge in [-0.15, -0.1) is 0 Å². The maximum Gasteiger partial charge on any atom is 0.236 e. The molecule has 0 heterocycles. The molecule has 2 atom stereocenters. The Hall–Kier alpha value is -0.610. The first-order chi connectivity index (χ1) is 5.49. The van der Waals surface area contributed by atoms with Crippen LogP contribution in [0.1, 0.15) is 20.8 Å². The van der Waals surface area contributed by atoms with Gasteiger partial charge < -0.3 is 16.2 Å². The van der Waals surface area contributed by atoms with Crippen LogP contribution in [0.3, 0.4) is 0 Å². The molecule has 0 saturated carbocycles. The molecular weight excluding hydrogens is 156 g/mol. The summed E-state index contributed by atoms with van der Waals surface area (Å²) < 4.78 is 0. The Morgan fingerprint density at radius 1 is 1.50 bits per heavy atom. The van der Waals surface area contributed by atoms with E-state index in [0.717, 1.165) is 0 Å². The Balaban J connectivity index is 3.94. The van der Waals surface area contributed by atoms with Crippen LogP contribution >= 0.6 is 0 Å². The predicted molar refractivity (Wildman–Crippen MR) is 47.5 cm³/mol. The summed E-state index contributed by atoms with van der Waals surface area (Å²) in [4.78, 5) is 11.1. The van der Waals surface area contributed by atoms with Crippen LogP contribution in [0.5, 0.6) is 0 Å². The van der Waals surface area contributed by atoms with Crippen LogP contribution < -0.4 is 11.1 Å². The maximum atomic E-state index is 11.1. The summed E-state index contributed by atoms with van der Waals surface area (Å²) in [6, 6.07) is -0.707. The summed E-state index contributed by atoms with van der Waals surface area (Å²) >= 11 is 0. The number of carbonyl (C=O) groups excluding carboxylic acids is 1. The number of aliphatic hydroxyl groups excluding tert-OH is 1. The van der Waals surface area contributed by atoms with Gasteiger partial charge in [0.1, 0.15) is 0 Å². The highest BCUT2D eigenvalue weighted by Gasteiger charge is 2.16. The quantitative estimate of drug-likeness (QED) is 0.536. The smallest absolute Gasteiger partial charge is 0.236 e. The van der Waals surface area contributed by atoms with Crippen LogP contribution in [0.15, 0.2) is 0 Å². The Labute approximate surface area is 73.1 Å². The molecule has 0 unspecified atom stereocenters. The summed E-state index contributed by atoms with van der Waals surface area (Å²) in [5, 5.41) is 11.5. The molecule has 0 spiro atoms. The van der Waals surface area contributed by atoms with E-state index >= 15 is 0 Å². The van der Waals surface area contributed by atoms with Crippen molar-refractivity contribution in [2.24, 2.45) is 11.7 Å². The first-order valence-corrected chi connectivity index (χ1v) is 4.15. The number of amides is 1. The van der Waals surface area contributed by atoms with Gasteiger partial charge in [-0.1, -0.05) is 13.8 Å². The molecular formula is C8H18N2O2. The van der Waals surface area contributed by atoms with Gasteiger partial charge in [0.25, 0.3) is 0 Å². The summed E-state index contributed by atoms with van der Waals surface area (Å²) in [5.74, 6) is 0.000417. The lowest BCUT2D eigenvalue weighted by Gasteiger charge is -2.20. The van der Waals surface area contributed by atoms with Crippen LogP contribution in [0, 0.1) is 5.92 Å². The fourth-order valence-corrected chi connectivity index (χ4v) is 0.737. The monoisotopic (exact) mass is 174 g/mol. The maximum absolute atomic E-state index is 11.1. The lowest BCUT2D eigenvalue weighted by molar-refractivity contribution is -0.123. The molecule has 0 fully saturated rings. The van der Waals surface area contributed by atoms with Gasteiger partial charge in [-0.05, 0) is 12.8 Å². The number of hydrogen-bond acceptors (Lipinski definition) is 3. The highest BCUT2D eigenvalue weighted by molar-refractivity contribution is 5.81. The van der Waals surface area contributed by atoms with E-state index in [2.05, 4.69) is 5.32 Å². The normalized spacial score (nSPS) is 15.8. The molecule has 12 heavy (non-hydrogen) atoms. The molecule has 0 aliphatic carbocycles. The highest BCUT2D eigenvalue weighted by atomic mass is 16.3. The number of rotatable bonds is 4. The van der Waals surface area contributed by atoms with Crippen molar-refractivity contribution in [3.63, 3.8) is 0 Å². The van der Waals surface area contributed by atoms with Gasteiger partial charge in [0.05, 0.1) is 18.7 Å². The molecule has 0 aliphatic rings. The highest BCUT2D eigenvalue weighted by Crippen LogP contribution is 2.00. The van der Waals surface area contributed by atoms with E-state index < -0.39 is 6.04 Å². The minimum Gasteiger partial charge on any atom is -0.394 e. The SMILES string of the molecule is CC(C)[C@@H](CO)NC(=O)[C@@H](C)N. The predicted octanol–water partition coefficient (Wildman–Crippen LogP) is -0.533. The standard InChI is InChI=1S/C8H18N2O2/c1-5(2)7(4-11)10-8(12)6(3)9/h5-7,11H,4,9H2,1-3H3,(H,10,12)/t6-,7-/m1/s1. The Kier molecular flexibility index (Phi) is 4.85. The van der Waals surface area contributed by atoms with Crippen LogP contribution in [0.25, 0.3) is 0 Å². The van der Waals surface area contributed by atoms with Crippen molar-refractivity contribution in [1.29, 1.82) is 0 Å². The lowest BCUT2D eigenvalue weighted by Crippen LogP contribution is -2.47. The van der Waals surface area contributed by atoms with Gasteiger partial charge >= 0.3 is 0 Å². The Bertz CT molecular complexity index is 146. The first kappa shape index (κ1) is 11.4. The van der Waals surface area contributed by atoms with Crippen LogP contribution in [0.4, 0.5) is 0 Å². The molecule has 0 rings (SSSR count). The summed E-state index contributed by atoms with van der Waals surface area (Å²) in [7, 11) is 0. The molecule has 0 aromatic carbocycles. The number of carbonyl (C=O) groups is 1. The zero-order valence-corrected chi connectivity index (χ0v) is 7.87. The Morgan fingerprint density at radius 3 is 2.25 bits per heavy atom. The molecule has 0 radical (unpaired) electrons. The minimum atomic E-state index is -0.516. The lowest BCUT2D eigenvalue weighted by atomic mass is 10.1. The molecule has 0 saturated heterocycles. The van der Waals surface area contributed by atoms with E-state index in [-0.39, 0.29) is 24.5 Å². The third-order valence-electron chi connectivity index (χ3n) is 1.74. The molecule has 1 amide bonds. The van der Waals surface area contributed by atoms with Crippen LogP contribution in [-0.2, 0) is 4.79 Å². The van der Waals surface area contributed by atoms with Gasteiger partial charge in [-0.25, -0.2) is 0 Å². The van der Waals surface area contributed by atoms with Crippen LogP contribution in [0.2, 0.25) is 0 Å². The van der Waals surface area contributed by atoms with E-state index in [1.54, 1.807) is 6.92 Å². The van der Waals surface area contributed by atoms with E-state index in [1.165, 1.54) is 0 Å². The number of nitrogens with two attached hydrogens (primary N) is 1. The summed E-state index contributed by atoms with van der Waals surface area (Å²) in [6.45, 7) is 5.44. The van der Waals surface area contributed by atoms with Crippen molar-refractivity contribution in [3.05, 3.63) is 0 Å². The molecule has 0 aliphatic heterocycles. The molecule has 4 N–H and O–H groups in total. The third kappa shape index (κ3) is 3.69. The van der Waals surface area contributed by atoms with E-state index in [1.807, 2.05) is 13.8 Å². The van der Waals surface area contributed by atoms with Gasteiger partial charge in [0.15, 0.2) is 0 Å². The van der Waals surface area contributed by atoms with Crippen molar-refractivity contribution in [2.45, 2.75) is 32.9 Å². The molecule has 4 heteroatoms. The van der Waals surface area contributed by atoms with Gasteiger partial charge in [0.2, 0.25) is 5.91 Å². The van der Waals surface area contributed by atoms with Crippen molar-refractivity contribution < 1.29 is 9.90 Å². The summed E-state index contributed by atoms with van der Waals surface area (Å²) in [5.41, 5.74) is 5.35. The summed E-state index contributed by atoms with van der Waals surface area (Å²) in [6.07, 6.45) is 0. The molecule has 0 aromatic heterocycles. The second-order valence-electron chi connectivity index (χ2n) is 3.33. The number of hydrogen-bond donors (Lipinski definition) is 3. The van der Waals surface area contributed by atoms with Crippen molar-refractivity contribution in [3.8, 4) is 0 Å². The molecule has 72 valence electrons. The van der Waals surface area contributed by atoms with Crippen LogP contribution in [-0.4, -0.2) is 29.7 Å². The van der Waals surface area contributed by atoms with E-state index in [0.29, 0.717) is 0 Å². The topological polar surface area (TPSA) is 75.3 Å². The average Bonchev–Trinajstić information content (AvgIpc) is 1.98. The molecule has 4 nitrogen and oxygen atoms in total.